The Morgan fingerprint density at radius 1 is 1.25 bits per heavy atom. The van der Waals surface area contributed by atoms with E-state index < -0.39 is 0 Å². The van der Waals surface area contributed by atoms with Gasteiger partial charge in [0.15, 0.2) is 11.5 Å². The van der Waals surface area contributed by atoms with Crippen molar-refractivity contribution >= 4 is 22.9 Å². The molecule has 1 aliphatic heterocycles. The average molecular weight is 331 g/mol. The number of aromatic nitrogens is 4. The van der Waals surface area contributed by atoms with Crippen LogP contribution in [0.4, 0.5) is 11.8 Å². The first-order chi connectivity index (χ1) is 11.8. The molecular formula is C17H29N7. The van der Waals surface area contributed by atoms with Gasteiger partial charge in [-0.1, -0.05) is 20.3 Å². The lowest BCUT2D eigenvalue weighted by atomic mass is 10.0. The molecule has 132 valence electrons. The molecule has 2 aromatic rings. The lowest BCUT2D eigenvalue weighted by Crippen LogP contribution is -2.35. The van der Waals surface area contributed by atoms with E-state index in [-0.39, 0.29) is 0 Å². The number of piperidine rings is 1. The van der Waals surface area contributed by atoms with E-state index in [0.29, 0.717) is 23.7 Å². The van der Waals surface area contributed by atoms with E-state index in [0.717, 1.165) is 43.7 Å². The number of hydrogen-bond acceptors (Lipinski definition) is 6. The molecule has 7 nitrogen and oxygen atoms in total. The molecule has 1 fully saturated rings. The van der Waals surface area contributed by atoms with Crippen molar-refractivity contribution in [2.24, 2.45) is 0 Å². The second-order valence-electron chi connectivity index (χ2n) is 6.52. The second kappa shape index (κ2) is 8.28. The van der Waals surface area contributed by atoms with Gasteiger partial charge in [-0.15, -0.1) is 0 Å². The molecule has 0 radical (unpaired) electrons. The van der Waals surface area contributed by atoms with Crippen LogP contribution in [0.5, 0.6) is 0 Å². The molecule has 0 amide bonds. The number of hydrogen-bond donors (Lipinski definition) is 4. The second-order valence-corrected chi connectivity index (χ2v) is 6.52. The van der Waals surface area contributed by atoms with Crippen molar-refractivity contribution in [3.05, 3.63) is 6.33 Å². The smallest absolute Gasteiger partial charge is 0.226 e. The predicted octanol–water partition coefficient (Wildman–Crippen LogP) is 2.90. The van der Waals surface area contributed by atoms with Crippen molar-refractivity contribution in [2.75, 3.05) is 23.7 Å². The van der Waals surface area contributed by atoms with Gasteiger partial charge in [0, 0.05) is 18.6 Å². The number of imidazole rings is 1. The highest BCUT2D eigenvalue weighted by atomic mass is 15.2. The number of aromatic amines is 1. The molecule has 1 unspecified atom stereocenters. The Labute approximate surface area is 143 Å². The first-order valence-electron chi connectivity index (χ1n) is 9.25. The van der Waals surface area contributed by atoms with Gasteiger partial charge in [-0.05, 0) is 38.6 Å². The number of anilines is 2. The van der Waals surface area contributed by atoms with E-state index in [1.165, 1.54) is 19.3 Å². The summed E-state index contributed by atoms with van der Waals surface area (Å²) < 4.78 is 0. The van der Waals surface area contributed by atoms with E-state index in [2.05, 4.69) is 49.7 Å². The Morgan fingerprint density at radius 2 is 2.12 bits per heavy atom. The quantitative estimate of drug-likeness (QED) is 0.595. The van der Waals surface area contributed by atoms with Crippen molar-refractivity contribution in [3.63, 3.8) is 0 Å². The Bertz CT molecular complexity index is 629. The summed E-state index contributed by atoms with van der Waals surface area (Å²) in [7, 11) is 0. The molecule has 0 bridgehead atoms. The minimum absolute atomic E-state index is 0.408. The first-order valence-corrected chi connectivity index (χ1v) is 9.25. The third kappa shape index (κ3) is 4.14. The topological polar surface area (TPSA) is 90.6 Å². The van der Waals surface area contributed by atoms with Crippen LogP contribution >= 0.6 is 0 Å². The van der Waals surface area contributed by atoms with Crippen LogP contribution in [-0.4, -0.2) is 45.1 Å². The van der Waals surface area contributed by atoms with E-state index in [9.17, 15) is 0 Å². The van der Waals surface area contributed by atoms with Gasteiger partial charge in [-0.25, -0.2) is 4.98 Å². The lowest BCUT2D eigenvalue weighted by molar-refractivity contribution is 0.388. The first kappa shape index (κ1) is 17.0. The summed E-state index contributed by atoms with van der Waals surface area (Å²) in [6, 6.07) is 1.02. The van der Waals surface area contributed by atoms with Crippen molar-refractivity contribution < 1.29 is 0 Å². The predicted molar refractivity (Wildman–Crippen MR) is 98.4 cm³/mol. The summed E-state index contributed by atoms with van der Waals surface area (Å²) in [5.74, 6) is 1.49. The van der Waals surface area contributed by atoms with Gasteiger partial charge < -0.3 is 20.9 Å². The molecule has 0 aliphatic carbocycles. The van der Waals surface area contributed by atoms with Gasteiger partial charge in [0.05, 0.1) is 6.33 Å². The van der Waals surface area contributed by atoms with Gasteiger partial charge in [0.1, 0.15) is 5.52 Å². The zero-order chi connectivity index (χ0) is 16.8. The van der Waals surface area contributed by atoms with Gasteiger partial charge in [-0.2, -0.15) is 9.97 Å². The van der Waals surface area contributed by atoms with Crippen molar-refractivity contribution in [2.45, 2.75) is 64.5 Å². The van der Waals surface area contributed by atoms with Crippen LogP contribution in [0.2, 0.25) is 0 Å². The molecule has 4 N–H and O–H groups in total. The summed E-state index contributed by atoms with van der Waals surface area (Å²) in [4.78, 5) is 16.6. The molecule has 0 aromatic carbocycles. The highest BCUT2D eigenvalue weighted by Crippen LogP contribution is 2.20. The number of nitrogens with zero attached hydrogens (tertiary/aromatic N) is 3. The summed E-state index contributed by atoms with van der Waals surface area (Å²) in [6.07, 6.45) is 8.79. The molecular weight excluding hydrogens is 302 g/mol. The average Bonchev–Trinajstić information content (AvgIpc) is 3.09. The standard InChI is InChI=1S/C17H29N7/c1-3-12(4-2)22-16-14-15(21-11-20-14)23-17(24-16)19-10-8-13-7-5-6-9-18-13/h11-13,18H,3-10H2,1-2H3,(H3,19,20,21,22,23,24). The maximum Gasteiger partial charge on any atom is 0.226 e. The van der Waals surface area contributed by atoms with Crippen LogP contribution in [0, 0.1) is 0 Å². The zero-order valence-corrected chi connectivity index (χ0v) is 14.7. The minimum atomic E-state index is 0.408. The van der Waals surface area contributed by atoms with Crippen molar-refractivity contribution in [1.29, 1.82) is 0 Å². The molecule has 0 saturated carbocycles. The van der Waals surface area contributed by atoms with E-state index in [1.54, 1.807) is 6.33 Å². The Hall–Kier alpha value is -1.89. The SMILES string of the molecule is CCC(CC)Nc1nc(NCCC2CCCCN2)nc2nc[nH]c12. The Morgan fingerprint density at radius 3 is 2.88 bits per heavy atom. The van der Waals surface area contributed by atoms with E-state index >= 15 is 0 Å². The molecule has 24 heavy (non-hydrogen) atoms. The molecule has 2 aromatic heterocycles. The maximum absolute atomic E-state index is 4.67. The minimum Gasteiger partial charge on any atom is -0.365 e. The summed E-state index contributed by atoms with van der Waals surface area (Å²) >= 11 is 0. The number of rotatable bonds is 8. The van der Waals surface area contributed by atoms with Crippen LogP contribution in [0.3, 0.4) is 0 Å². The summed E-state index contributed by atoms with van der Waals surface area (Å²) in [5, 5.41) is 10.5. The molecule has 7 heteroatoms. The van der Waals surface area contributed by atoms with Gasteiger partial charge in [0.25, 0.3) is 0 Å². The highest BCUT2D eigenvalue weighted by molar-refractivity contribution is 5.83. The van der Waals surface area contributed by atoms with E-state index in [1.807, 2.05) is 0 Å². The largest absolute Gasteiger partial charge is 0.365 e. The number of nitrogens with one attached hydrogen (secondary N) is 4. The number of H-pyrrole nitrogens is 1. The summed E-state index contributed by atoms with van der Waals surface area (Å²) in [6.45, 7) is 6.38. The fourth-order valence-electron chi connectivity index (χ4n) is 3.23. The monoisotopic (exact) mass is 331 g/mol. The molecule has 1 atom stereocenters. The fourth-order valence-corrected chi connectivity index (χ4v) is 3.23. The molecule has 3 heterocycles. The molecule has 1 aliphatic rings. The van der Waals surface area contributed by atoms with Gasteiger partial charge in [-0.3, -0.25) is 0 Å². The highest BCUT2D eigenvalue weighted by Gasteiger charge is 2.14. The third-order valence-electron chi connectivity index (χ3n) is 4.80. The van der Waals surface area contributed by atoms with Crippen LogP contribution < -0.4 is 16.0 Å². The van der Waals surface area contributed by atoms with Crippen molar-refractivity contribution in [3.8, 4) is 0 Å². The van der Waals surface area contributed by atoms with Crippen LogP contribution in [0.1, 0.15) is 52.4 Å². The third-order valence-corrected chi connectivity index (χ3v) is 4.80. The van der Waals surface area contributed by atoms with E-state index in [4.69, 9.17) is 0 Å². The zero-order valence-electron chi connectivity index (χ0n) is 14.7. The van der Waals surface area contributed by atoms with Gasteiger partial charge in [0.2, 0.25) is 5.95 Å². The molecule has 3 rings (SSSR count). The molecule has 0 spiro atoms. The normalized spacial score (nSPS) is 18.2. The lowest BCUT2D eigenvalue weighted by Gasteiger charge is -2.23. The van der Waals surface area contributed by atoms with Crippen LogP contribution in [0.15, 0.2) is 6.33 Å². The Kier molecular flexibility index (Phi) is 5.85. The van der Waals surface area contributed by atoms with Crippen LogP contribution in [-0.2, 0) is 0 Å². The summed E-state index contributed by atoms with van der Waals surface area (Å²) in [5.41, 5.74) is 1.58. The number of fused-ring (bicyclic) bond motifs is 1. The van der Waals surface area contributed by atoms with Crippen LogP contribution in [0.25, 0.3) is 11.2 Å². The Balaban J connectivity index is 1.66. The van der Waals surface area contributed by atoms with Crippen molar-refractivity contribution in [1.82, 2.24) is 25.3 Å². The molecule has 1 saturated heterocycles. The fraction of sp³-hybridized carbons (Fsp3) is 0.706. The maximum atomic E-state index is 4.67. The van der Waals surface area contributed by atoms with Gasteiger partial charge >= 0.3 is 0 Å².